The van der Waals surface area contributed by atoms with Crippen molar-refractivity contribution in [2.45, 2.75) is 78.4 Å². The van der Waals surface area contributed by atoms with Crippen molar-refractivity contribution in [3.8, 4) is 5.75 Å². The standard InChI is InChI=1S/C29H38BClFNO4/c1-26(2,3)37-25(34)33-17-29(18-12-10-9-11-13-18)24(35-8)21-20(36-29)14-19(32)23(31)22(21)30-15-27(4,5)28(6,7)16-30/h9-14,24H,15-17H2,1-8H3,(H,33,34)/t24-,29+/m0/s1. The Morgan fingerprint density at radius 2 is 1.76 bits per heavy atom. The molecule has 2 atom stereocenters. The summed E-state index contributed by atoms with van der Waals surface area (Å²) in [5.74, 6) is -0.127. The molecule has 2 aromatic carbocycles. The third kappa shape index (κ3) is 4.97. The minimum atomic E-state index is -1.15. The van der Waals surface area contributed by atoms with Crippen molar-refractivity contribution in [3.05, 3.63) is 58.4 Å². The second kappa shape index (κ2) is 9.50. The SMILES string of the molecule is CO[C@H]1c2c(cc(F)c(Cl)c2B2CC(C)(C)C(C)(C)C2)O[C@]1(CNC(=O)OC(C)(C)C)c1ccccc1. The van der Waals surface area contributed by atoms with E-state index in [0.29, 0.717) is 5.75 Å². The lowest BCUT2D eigenvalue weighted by Crippen LogP contribution is -2.48. The molecule has 200 valence electrons. The molecule has 37 heavy (non-hydrogen) atoms. The average molecular weight is 530 g/mol. The molecule has 2 heterocycles. The molecule has 2 aliphatic heterocycles. The first-order valence-corrected chi connectivity index (χ1v) is 13.3. The zero-order valence-corrected chi connectivity index (χ0v) is 23.9. The lowest BCUT2D eigenvalue weighted by molar-refractivity contribution is -0.0561. The van der Waals surface area contributed by atoms with Crippen LogP contribution in [0.1, 0.15) is 65.7 Å². The predicted molar refractivity (Wildman–Crippen MR) is 147 cm³/mol. The monoisotopic (exact) mass is 529 g/mol. The Morgan fingerprint density at radius 1 is 1.16 bits per heavy atom. The molecule has 0 unspecified atom stereocenters. The average Bonchev–Trinajstić information content (AvgIpc) is 3.21. The maximum atomic E-state index is 15.3. The van der Waals surface area contributed by atoms with Crippen LogP contribution in [0, 0.1) is 16.6 Å². The molecule has 0 bridgehead atoms. The van der Waals surface area contributed by atoms with E-state index >= 15 is 4.39 Å². The number of carbonyl (C=O) groups is 1. The maximum Gasteiger partial charge on any atom is 0.407 e. The van der Waals surface area contributed by atoms with E-state index < -0.39 is 29.2 Å². The Kier molecular flexibility index (Phi) is 7.13. The van der Waals surface area contributed by atoms with Crippen molar-refractivity contribution < 1.29 is 23.4 Å². The van der Waals surface area contributed by atoms with Crippen molar-refractivity contribution in [2.24, 2.45) is 10.8 Å². The minimum absolute atomic E-state index is 0.0357. The summed E-state index contributed by atoms with van der Waals surface area (Å²) in [6, 6.07) is 10.9. The molecule has 1 amide bonds. The van der Waals surface area contributed by atoms with Crippen LogP contribution in [-0.4, -0.2) is 32.1 Å². The van der Waals surface area contributed by atoms with Gasteiger partial charge in [-0.05, 0) is 37.1 Å². The van der Waals surface area contributed by atoms with E-state index in [1.807, 2.05) is 30.3 Å². The molecule has 2 aromatic rings. The van der Waals surface area contributed by atoms with Gasteiger partial charge in [0, 0.05) is 24.3 Å². The third-order valence-electron chi connectivity index (χ3n) is 8.38. The first kappa shape index (κ1) is 27.8. The fraction of sp³-hybridized carbons (Fsp3) is 0.552. The van der Waals surface area contributed by atoms with Crippen LogP contribution in [-0.2, 0) is 15.1 Å². The van der Waals surface area contributed by atoms with Gasteiger partial charge in [-0.1, -0.05) is 82.3 Å². The number of amides is 1. The second-order valence-electron chi connectivity index (χ2n) is 12.7. The fourth-order valence-corrected chi connectivity index (χ4v) is 6.23. The van der Waals surface area contributed by atoms with Gasteiger partial charge in [-0.2, -0.15) is 0 Å². The third-order valence-corrected chi connectivity index (χ3v) is 8.77. The van der Waals surface area contributed by atoms with Crippen LogP contribution in [0.2, 0.25) is 17.7 Å². The van der Waals surface area contributed by atoms with E-state index in [-0.39, 0.29) is 29.1 Å². The van der Waals surface area contributed by atoms with Crippen LogP contribution in [0.4, 0.5) is 9.18 Å². The van der Waals surface area contributed by atoms with Gasteiger partial charge in [-0.15, -0.1) is 0 Å². The van der Waals surface area contributed by atoms with Crippen LogP contribution < -0.4 is 15.5 Å². The molecule has 2 aliphatic rings. The molecular weight excluding hydrogens is 492 g/mol. The Hall–Kier alpha value is -2.25. The molecule has 0 saturated carbocycles. The van der Waals surface area contributed by atoms with Gasteiger partial charge in [-0.3, -0.25) is 0 Å². The highest BCUT2D eigenvalue weighted by atomic mass is 35.5. The van der Waals surface area contributed by atoms with Gasteiger partial charge in [0.25, 0.3) is 0 Å². The molecule has 4 rings (SSSR count). The van der Waals surface area contributed by atoms with E-state index in [0.717, 1.165) is 29.2 Å². The largest absolute Gasteiger partial charge is 0.477 e. The van der Waals surface area contributed by atoms with E-state index in [4.69, 9.17) is 25.8 Å². The van der Waals surface area contributed by atoms with E-state index in [1.165, 1.54) is 6.07 Å². The summed E-state index contributed by atoms with van der Waals surface area (Å²) in [6.45, 7) is 14.5. The summed E-state index contributed by atoms with van der Waals surface area (Å²) >= 11 is 6.73. The summed E-state index contributed by atoms with van der Waals surface area (Å²) in [5, 5.41) is 2.99. The number of hydrogen-bond acceptors (Lipinski definition) is 4. The highest BCUT2D eigenvalue weighted by Crippen LogP contribution is 2.56. The molecule has 5 nitrogen and oxygen atoms in total. The minimum Gasteiger partial charge on any atom is -0.477 e. The summed E-state index contributed by atoms with van der Waals surface area (Å²) in [5.41, 5.74) is 0.567. The molecule has 0 radical (unpaired) electrons. The van der Waals surface area contributed by atoms with E-state index in [1.54, 1.807) is 27.9 Å². The number of nitrogens with one attached hydrogen (secondary N) is 1. The number of hydrogen-bond donors (Lipinski definition) is 1. The number of halogens is 2. The van der Waals surface area contributed by atoms with Gasteiger partial charge >= 0.3 is 6.09 Å². The number of fused-ring (bicyclic) bond motifs is 1. The van der Waals surface area contributed by atoms with Crippen molar-refractivity contribution in [1.82, 2.24) is 5.32 Å². The highest BCUT2D eigenvalue weighted by molar-refractivity contribution is 6.77. The van der Waals surface area contributed by atoms with Crippen molar-refractivity contribution >= 4 is 29.9 Å². The topological polar surface area (TPSA) is 56.8 Å². The van der Waals surface area contributed by atoms with Gasteiger partial charge in [0.2, 0.25) is 0 Å². The normalized spacial score (nSPS) is 23.9. The number of benzene rings is 2. The molecular formula is C29H38BClFNO4. The van der Waals surface area contributed by atoms with Crippen LogP contribution in [0.5, 0.6) is 5.75 Å². The lowest BCUT2D eigenvalue weighted by atomic mass is 9.41. The maximum absolute atomic E-state index is 15.3. The predicted octanol–water partition coefficient (Wildman–Crippen LogP) is 6.75. The van der Waals surface area contributed by atoms with Crippen LogP contribution >= 0.6 is 11.6 Å². The quantitative estimate of drug-likeness (QED) is 0.435. The first-order chi connectivity index (χ1) is 17.1. The molecule has 8 heteroatoms. The van der Waals surface area contributed by atoms with Crippen molar-refractivity contribution in [1.29, 1.82) is 0 Å². The molecule has 1 fully saturated rings. The number of alkyl carbamates (subject to hydrolysis) is 1. The van der Waals surface area contributed by atoms with Gasteiger partial charge in [0.05, 0.1) is 11.6 Å². The Bertz CT molecular complexity index is 1160. The second-order valence-corrected chi connectivity index (χ2v) is 13.1. The van der Waals surface area contributed by atoms with Crippen molar-refractivity contribution in [3.63, 3.8) is 0 Å². The Balaban J connectivity index is 1.83. The lowest BCUT2D eigenvalue weighted by Gasteiger charge is -2.35. The molecule has 0 aliphatic carbocycles. The highest BCUT2D eigenvalue weighted by Gasteiger charge is 2.56. The summed E-state index contributed by atoms with van der Waals surface area (Å²) in [6.07, 6.45) is 0.516. The zero-order valence-electron chi connectivity index (χ0n) is 23.1. The molecule has 1 N–H and O–H groups in total. The van der Waals surface area contributed by atoms with Gasteiger partial charge in [0.15, 0.2) is 12.3 Å². The number of carbonyl (C=O) groups excluding carboxylic acids is 1. The molecule has 1 saturated heterocycles. The Labute approximate surface area is 225 Å². The van der Waals surface area contributed by atoms with E-state index in [9.17, 15) is 4.79 Å². The van der Waals surface area contributed by atoms with Crippen LogP contribution in [0.15, 0.2) is 36.4 Å². The first-order valence-electron chi connectivity index (χ1n) is 12.9. The zero-order chi connectivity index (χ0) is 27.4. The Morgan fingerprint density at radius 3 is 2.30 bits per heavy atom. The summed E-state index contributed by atoms with van der Waals surface area (Å²) < 4.78 is 33.6. The number of methoxy groups -OCH3 is 1. The smallest absolute Gasteiger partial charge is 0.407 e. The number of rotatable bonds is 5. The summed E-state index contributed by atoms with van der Waals surface area (Å²) in [4.78, 5) is 12.7. The molecule has 0 aromatic heterocycles. The van der Waals surface area contributed by atoms with Crippen molar-refractivity contribution in [2.75, 3.05) is 13.7 Å². The summed E-state index contributed by atoms with van der Waals surface area (Å²) in [7, 11) is 1.61. The van der Waals surface area contributed by atoms with Crippen LogP contribution in [0.25, 0.3) is 0 Å². The van der Waals surface area contributed by atoms with Gasteiger partial charge in [-0.25, -0.2) is 9.18 Å². The van der Waals surface area contributed by atoms with Gasteiger partial charge < -0.3 is 19.5 Å². The van der Waals surface area contributed by atoms with Crippen LogP contribution in [0.3, 0.4) is 0 Å². The number of ether oxygens (including phenoxy) is 3. The fourth-order valence-electron chi connectivity index (χ4n) is 5.92. The van der Waals surface area contributed by atoms with E-state index in [2.05, 4.69) is 33.0 Å². The molecule has 0 spiro atoms. The van der Waals surface area contributed by atoms with Gasteiger partial charge in [0.1, 0.15) is 23.3 Å².